The van der Waals surface area contributed by atoms with Crippen LogP contribution in [0, 0.1) is 5.41 Å². The van der Waals surface area contributed by atoms with Gasteiger partial charge in [0.05, 0.1) is 5.52 Å². The second-order valence-electron chi connectivity index (χ2n) is 4.96. The summed E-state index contributed by atoms with van der Waals surface area (Å²) in [4.78, 5) is 4.39. The molecule has 2 rings (SSSR count). The van der Waals surface area contributed by atoms with Crippen LogP contribution in [0.5, 0.6) is 0 Å². The first-order valence-corrected chi connectivity index (χ1v) is 6.63. The van der Waals surface area contributed by atoms with Crippen LogP contribution >= 0.6 is 15.9 Å². The Hall–Kier alpha value is -0.890. The maximum absolute atomic E-state index is 4.39. The average molecular weight is 278 g/mol. The first-order chi connectivity index (χ1) is 7.62. The lowest BCUT2D eigenvalue weighted by molar-refractivity contribution is 0.426. The number of nitrogens with zero attached hydrogens (tertiary/aromatic N) is 1. The number of hydrogen-bond donors (Lipinski definition) is 0. The van der Waals surface area contributed by atoms with E-state index in [9.17, 15) is 0 Å². The predicted molar refractivity (Wildman–Crippen MR) is 73.0 cm³/mol. The van der Waals surface area contributed by atoms with E-state index in [0.29, 0.717) is 0 Å². The lowest BCUT2D eigenvalue weighted by Crippen LogP contribution is -2.16. The molecule has 0 atom stereocenters. The maximum Gasteiger partial charge on any atom is 0.0704 e. The molecular weight excluding hydrogens is 262 g/mol. The van der Waals surface area contributed by atoms with Crippen molar-refractivity contribution < 1.29 is 0 Å². The van der Waals surface area contributed by atoms with Crippen LogP contribution < -0.4 is 0 Å². The van der Waals surface area contributed by atoms with Crippen molar-refractivity contribution in [1.29, 1.82) is 0 Å². The fraction of sp³-hybridized carbons (Fsp3) is 0.357. The molecule has 1 nitrogen and oxygen atoms in total. The summed E-state index contributed by atoms with van der Waals surface area (Å²) in [6.45, 7) is 4.55. The molecule has 0 aliphatic rings. The third-order valence-corrected chi connectivity index (χ3v) is 4.29. The minimum Gasteiger partial charge on any atom is -0.256 e. The Balaban J connectivity index is 2.45. The number of halogens is 1. The van der Waals surface area contributed by atoms with Crippen molar-refractivity contribution in [2.24, 2.45) is 5.41 Å². The van der Waals surface area contributed by atoms with E-state index in [0.717, 1.165) is 17.3 Å². The van der Waals surface area contributed by atoms with Crippen molar-refractivity contribution in [2.75, 3.05) is 5.33 Å². The summed E-state index contributed by atoms with van der Waals surface area (Å²) < 4.78 is 0. The Labute approximate surface area is 105 Å². The number of para-hydroxylation sites is 1. The predicted octanol–water partition coefficient (Wildman–Crippen LogP) is 4.20. The third kappa shape index (κ3) is 2.43. The van der Waals surface area contributed by atoms with Gasteiger partial charge in [0, 0.05) is 16.9 Å². The van der Waals surface area contributed by atoms with E-state index in [4.69, 9.17) is 0 Å². The molecule has 0 N–H and O–H groups in total. The number of pyridine rings is 1. The van der Waals surface area contributed by atoms with E-state index in [2.05, 4.69) is 59.0 Å². The second kappa shape index (κ2) is 4.54. The molecule has 0 radical (unpaired) electrons. The van der Waals surface area contributed by atoms with Gasteiger partial charge in [0.2, 0.25) is 0 Å². The van der Waals surface area contributed by atoms with E-state index in [1.807, 2.05) is 12.3 Å². The highest BCUT2D eigenvalue weighted by Gasteiger charge is 2.17. The topological polar surface area (TPSA) is 12.9 Å². The van der Waals surface area contributed by atoms with Gasteiger partial charge in [-0.3, -0.25) is 4.98 Å². The van der Waals surface area contributed by atoms with Gasteiger partial charge < -0.3 is 0 Å². The molecule has 84 valence electrons. The van der Waals surface area contributed by atoms with Gasteiger partial charge >= 0.3 is 0 Å². The molecule has 1 aromatic carbocycles. The average Bonchev–Trinajstić information content (AvgIpc) is 2.29. The van der Waals surface area contributed by atoms with Crippen molar-refractivity contribution >= 4 is 26.8 Å². The molecule has 0 bridgehead atoms. The third-order valence-electron chi connectivity index (χ3n) is 2.77. The molecule has 2 heteroatoms. The number of rotatable bonds is 3. The van der Waals surface area contributed by atoms with Crippen LogP contribution in [0.25, 0.3) is 10.9 Å². The van der Waals surface area contributed by atoms with Crippen molar-refractivity contribution in [3.05, 3.63) is 42.1 Å². The Morgan fingerprint density at radius 3 is 2.69 bits per heavy atom. The first-order valence-electron chi connectivity index (χ1n) is 5.51. The van der Waals surface area contributed by atoms with Gasteiger partial charge in [-0.2, -0.15) is 0 Å². The van der Waals surface area contributed by atoms with Crippen LogP contribution in [0.3, 0.4) is 0 Å². The van der Waals surface area contributed by atoms with E-state index < -0.39 is 0 Å². The molecule has 0 aliphatic carbocycles. The zero-order chi connectivity index (χ0) is 11.6. The van der Waals surface area contributed by atoms with Gasteiger partial charge in [-0.25, -0.2) is 0 Å². The molecule has 0 amide bonds. The van der Waals surface area contributed by atoms with Crippen LogP contribution in [-0.2, 0) is 6.42 Å². The van der Waals surface area contributed by atoms with Crippen LogP contribution in [0.4, 0.5) is 0 Å². The highest BCUT2D eigenvalue weighted by molar-refractivity contribution is 9.09. The van der Waals surface area contributed by atoms with Gasteiger partial charge in [0.15, 0.2) is 0 Å². The summed E-state index contributed by atoms with van der Waals surface area (Å²) in [5.41, 5.74) is 2.75. The zero-order valence-corrected chi connectivity index (χ0v) is 11.3. The maximum atomic E-state index is 4.39. The highest BCUT2D eigenvalue weighted by Crippen LogP contribution is 2.27. The number of benzene rings is 1. The number of alkyl halides is 1. The quantitative estimate of drug-likeness (QED) is 0.767. The second-order valence-corrected chi connectivity index (χ2v) is 5.52. The highest BCUT2D eigenvalue weighted by atomic mass is 79.9. The fourth-order valence-corrected chi connectivity index (χ4v) is 2.07. The van der Waals surface area contributed by atoms with Crippen molar-refractivity contribution in [1.82, 2.24) is 4.98 Å². The molecule has 16 heavy (non-hydrogen) atoms. The smallest absolute Gasteiger partial charge is 0.0704 e. The fourth-order valence-electron chi connectivity index (χ4n) is 1.87. The normalized spacial score (nSPS) is 11.9. The van der Waals surface area contributed by atoms with Crippen LogP contribution in [0.15, 0.2) is 36.5 Å². The molecule has 1 aromatic heterocycles. The van der Waals surface area contributed by atoms with E-state index in [-0.39, 0.29) is 5.41 Å². The van der Waals surface area contributed by atoms with Crippen molar-refractivity contribution in [2.45, 2.75) is 20.3 Å². The molecule has 0 saturated heterocycles. The van der Waals surface area contributed by atoms with Gasteiger partial charge in [0.1, 0.15) is 0 Å². The minimum atomic E-state index is 0.282. The Kier molecular flexibility index (Phi) is 3.29. The summed E-state index contributed by atoms with van der Waals surface area (Å²) in [5, 5.41) is 2.29. The van der Waals surface area contributed by atoms with E-state index in [1.54, 1.807) is 0 Å². The number of hydrogen-bond acceptors (Lipinski definition) is 1. The molecule has 1 heterocycles. The molecule has 0 spiro atoms. The molecule has 0 saturated carbocycles. The summed E-state index contributed by atoms with van der Waals surface area (Å²) in [6.07, 6.45) is 2.98. The summed E-state index contributed by atoms with van der Waals surface area (Å²) in [5.74, 6) is 0. The van der Waals surface area contributed by atoms with Gasteiger partial charge in [0.25, 0.3) is 0 Å². The number of fused-ring (bicyclic) bond motifs is 1. The van der Waals surface area contributed by atoms with Crippen molar-refractivity contribution in [3.8, 4) is 0 Å². The molecule has 0 fully saturated rings. The van der Waals surface area contributed by atoms with E-state index >= 15 is 0 Å². The van der Waals surface area contributed by atoms with Gasteiger partial charge in [-0.05, 0) is 29.5 Å². The molecule has 2 aromatic rings. The Morgan fingerprint density at radius 1 is 1.19 bits per heavy atom. The van der Waals surface area contributed by atoms with Crippen LogP contribution in [-0.4, -0.2) is 10.3 Å². The number of aromatic nitrogens is 1. The summed E-state index contributed by atoms with van der Waals surface area (Å²) >= 11 is 3.58. The molecular formula is C14H16BrN. The lowest BCUT2D eigenvalue weighted by atomic mass is 9.87. The standard InChI is InChI=1S/C14H16BrN/c1-14(2,10-15)9-11-7-8-16-13-6-4-3-5-12(11)13/h3-8H,9-10H2,1-2H3. The molecule has 0 unspecified atom stereocenters. The van der Waals surface area contributed by atoms with E-state index in [1.165, 1.54) is 10.9 Å². The van der Waals surface area contributed by atoms with Gasteiger partial charge in [-0.1, -0.05) is 48.0 Å². The Bertz CT molecular complexity index is 486. The summed E-state index contributed by atoms with van der Waals surface area (Å²) in [7, 11) is 0. The van der Waals surface area contributed by atoms with Gasteiger partial charge in [-0.15, -0.1) is 0 Å². The SMILES string of the molecule is CC(C)(CBr)Cc1ccnc2ccccc12. The monoisotopic (exact) mass is 277 g/mol. The zero-order valence-electron chi connectivity index (χ0n) is 9.70. The minimum absolute atomic E-state index is 0.282. The largest absolute Gasteiger partial charge is 0.256 e. The van der Waals surface area contributed by atoms with Crippen LogP contribution in [0.2, 0.25) is 0 Å². The Morgan fingerprint density at radius 2 is 1.94 bits per heavy atom. The lowest BCUT2D eigenvalue weighted by Gasteiger charge is -2.22. The molecule has 0 aliphatic heterocycles. The van der Waals surface area contributed by atoms with Crippen LogP contribution in [0.1, 0.15) is 19.4 Å². The first kappa shape index (κ1) is 11.6. The summed E-state index contributed by atoms with van der Waals surface area (Å²) in [6, 6.07) is 10.5. The van der Waals surface area contributed by atoms with Crippen molar-refractivity contribution in [3.63, 3.8) is 0 Å².